The monoisotopic (exact) mass is 254 g/mol. The van der Waals surface area contributed by atoms with Crippen LogP contribution in [0.15, 0.2) is 22.7 Å². The number of fused-ring (bicyclic) bond motifs is 1. The Bertz CT molecular complexity index is 439. The van der Waals surface area contributed by atoms with E-state index in [0.29, 0.717) is 0 Å². The Morgan fingerprint density at radius 1 is 1.43 bits per heavy atom. The Morgan fingerprint density at radius 3 is 3.07 bits per heavy atom. The maximum absolute atomic E-state index is 8.70. The molecule has 1 aromatic heterocycles. The van der Waals surface area contributed by atoms with Crippen molar-refractivity contribution in [1.82, 2.24) is 9.97 Å². The third kappa shape index (κ3) is 1.96. The number of aromatic amines is 1. The van der Waals surface area contributed by atoms with Gasteiger partial charge in [0.1, 0.15) is 5.82 Å². The lowest BCUT2D eigenvalue weighted by Crippen LogP contribution is -1.90. The maximum atomic E-state index is 8.70. The van der Waals surface area contributed by atoms with Gasteiger partial charge >= 0.3 is 0 Å². The number of H-pyrrole nitrogens is 1. The summed E-state index contributed by atoms with van der Waals surface area (Å²) in [6, 6.07) is 5.95. The van der Waals surface area contributed by atoms with Gasteiger partial charge in [0.05, 0.1) is 11.0 Å². The Kier molecular flexibility index (Phi) is 2.84. The van der Waals surface area contributed by atoms with Gasteiger partial charge in [-0.2, -0.15) is 0 Å². The number of benzene rings is 1. The zero-order chi connectivity index (χ0) is 9.97. The smallest absolute Gasteiger partial charge is 0.107 e. The van der Waals surface area contributed by atoms with Crippen LogP contribution in [0.25, 0.3) is 11.0 Å². The van der Waals surface area contributed by atoms with E-state index in [9.17, 15) is 0 Å². The van der Waals surface area contributed by atoms with Crippen LogP contribution in [0.4, 0.5) is 0 Å². The molecule has 0 fully saturated rings. The molecule has 1 heterocycles. The predicted octanol–water partition coefficient (Wildman–Crippen LogP) is 2.25. The molecule has 0 unspecified atom stereocenters. The van der Waals surface area contributed by atoms with Gasteiger partial charge < -0.3 is 10.1 Å². The summed E-state index contributed by atoms with van der Waals surface area (Å²) >= 11 is 3.41. The van der Waals surface area contributed by atoms with Gasteiger partial charge in [0, 0.05) is 17.5 Å². The first-order valence-corrected chi connectivity index (χ1v) is 5.34. The van der Waals surface area contributed by atoms with Gasteiger partial charge in [0.15, 0.2) is 0 Å². The summed E-state index contributed by atoms with van der Waals surface area (Å²) in [7, 11) is 0. The van der Waals surface area contributed by atoms with Crippen molar-refractivity contribution in [3.63, 3.8) is 0 Å². The number of imidazole rings is 1. The minimum absolute atomic E-state index is 0.209. The van der Waals surface area contributed by atoms with E-state index in [1.165, 1.54) is 0 Å². The lowest BCUT2D eigenvalue weighted by molar-refractivity contribution is 0.287. The summed E-state index contributed by atoms with van der Waals surface area (Å²) in [5.74, 6) is 0.937. The molecule has 4 heteroatoms. The molecular formula is C10H11BrN2O. The Balaban J connectivity index is 2.32. The van der Waals surface area contributed by atoms with Crippen LogP contribution in [0, 0.1) is 0 Å². The van der Waals surface area contributed by atoms with Gasteiger partial charge in [-0.05, 0) is 24.6 Å². The normalized spacial score (nSPS) is 11.0. The zero-order valence-electron chi connectivity index (χ0n) is 7.63. The third-order valence-corrected chi connectivity index (χ3v) is 2.56. The Morgan fingerprint density at radius 2 is 2.29 bits per heavy atom. The first-order chi connectivity index (χ1) is 6.79. The minimum atomic E-state index is 0.209. The fourth-order valence-corrected chi connectivity index (χ4v) is 1.76. The average molecular weight is 255 g/mol. The molecule has 0 aliphatic rings. The molecule has 2 N–H and O–H groups in total. The lowest BCUT2D eigenvalue weighted by atomic mass is 10.3. The summed E-state index contributed by atoms with van der Waals surface area (Å²) in [5, 5.41) is 8.70. The van der Waals surface area contributed by atoms with Crippen molar-refractivity contribution in [1.29, 1.82) is 0 Å². The number of nitrogens with zero attached hydrogens (tertiary/aromatic N) is 1. The number of aromatic nitrogens is 2. The number of hydrogen-bond acceptors (Lipinski definition) is 2. The summed E-state index contributed by atoms with van der Waals surface area (Å²) < 4.78 is 1.04. The van der Waals surface area contributed by atoms with Crippen LogP contribution < -0.4 is 0 Å². The second-order valence-electron chi connectivity index (χ2n) is 3.17. The molecule has 0 atom stereocenters. The molecule has 3 nitrogen and oxygen atoms in total. The SMILES string of the molecule is OCCCc1nc2ccc(Br)cc2[nH]1. The van der Waals surface area contributed by atoms with Crippen LogP contribution in [0.2, 0.25) is 0 Å². The van der Waals surface area contributed by atoms with Crippen molar-refractivity contribution in [2.75, 3.05) is 6.61 Å². The zero-order valence-corrected chi connectivity index (χ0v) is 9.21. The summed E-state index contributed by atoms with van der Waals surface area (Å²) in [4.78, 5) is 7.62. The van der Waals surface area contributed by atoms with Gasteiger partial charge in [-0.3, -0.25) is 0 Å². The van der Waals surface area contributed by atoms with Crippen molar-refractivity contribution < 1.29 is 5.11 Å². The standard InChI is InChI=1S/C10H11BrN2O/c11-7-3-4-8-9(6-7)13-10(12-8)2-1-5-14/h3-4,6,14H,1-2,5H2,(H,12,13). The number of rotatable bonds is 3. The molecule has 74 valence electrons. The molecule has 2 rings (SSSR count). The fourth-order valence-electron chi connectivity index (χ4n) is 1.40. The topological polar surface area (TPSA) is 48.9 Å². The van der Waals surface area contributed by atoms with Gasteiger partial charge in [-0.1, -0.05) is 15.9 Å². The molecule has 0 aliphatic carbocycles. The number of aliphatic hydroxyl groups excluding tert-OH is 1. The van der Waals surface area contributed by atoms with E-state index >= 15 is 0 Å². The van der Waals surface area contributed by atoms with E-state index in [2.05, 4.69) is 25.9 Å². The predicted molar refractivity (Wildman–Crippen MR) is 59.2 cm³/mol. The van der Waals surface area contributed by atoms with Crippen molar-refractivity contribution in [3.05, 3.63) is 28.5 Å². The lowest BCUT2D eigenvalue weighted by Gasteiger charge is -1.90. The maximum Gasteiger partial charge on any atom is 0.107 e. The van der Waals surface area contributed by atoms with Crippen molar-refractivity contribution >= 4 is 27.0 Å². The third-order valence-electron chi connectivity index (χ3n) is 2.06. The molecule has 0 radical (unpaired) electrons. The van der Waals surface area contributed by atoms with E-state index < -0.39 is 0 Å². The molecule has 2 aromatic rings. The molecule has 14 heavy (non-hydrogen) atoms. The highest BCUT2D eigenvalue weighted by Crippen LogP contribution is 2.17. The Labute approximate surface area is 90.3 Å². The molecule has 0 aliphatic heterocycles. The molecular weight excluding hydrogens is 244 g/mol. The quantitative estimate of drug-likeness (QED) is 0.883. The van der Waals surface area contributed by atoms with Gasteiger partial charge in [0.2, 0.25) is 0 Å². The fraction of sp³-hybridized carbons (Fsp3) is 0.300. The van der Waals surface area contributed by atoms with E-state index in [-0.39, 0.29) is 6.61 Å². The molecule has 0 bridgehead atoms. The van der Waals surface area contributed by atoms with E-state index in [1.807, 2.05) is 18.2 Å². The second kappa shape index (κ2) is 4.11. The van der Waals surface area contributed by atoms with Crippen LogP contribution >= 0.6 is 15.9 Å². The second-order valence-corrected chi connectivity index (χ2v) is 4.09. The highest BCUT2D eigenvalue weighted by atomic mass is 79.9. The highest BCUT2D eigenvalue weighted by Gasteiger charge is 2.02. The summed E-state index contributed by atoms with van der Waals surface area (Å²) in [6.07, 6.45) is 1.55. The van der Waals surface area contributed by atoms with Gasteiger partial charge in [0.25, 0.3) is 0 Å². The van der Waals surface area contributed by atoms with E-state index in [4.69, 9.17) is 5.11 Å². The molecule has 0 spiro atoms. The van der Waals surface area contributed by atoms with Crippen molar-refractivity contribution in [2.24, 2.45) is 0 Å². The number of aliphatic hydroxyl groups is 1. The minimum Gasteiger partial charge on any atom is -0.396 e. The molecule has 0 saturated heterocycles. The van der Waals surface area contributed by atoms with Crippen molar-refractivity contribution in [2.45, 2.75) is 12.8 Å². The van der Waals surface area contributed by atoms with Crippen molar-refractivity contribution in [3.8, 4) is 0 Å². The first-order valence-electron chi connectivity index (χ1n) is 4.54. The Hall–Kier alpha value is -0.870. The molecule has 1 aromatic carbocycles. The van der Waals surface area contributed by atoms with Crippen LogP contribution in [-0.4, -0.2) is 21.7 Å². The molecule has 0 saturated carbocycles. The van der Waals surface area contributed by atoms with E-state index in [0.717, 1.165) is 34.2 Å². The summed E-state index contributed by atoms with van der Waals surface area (Å²) in [6.45, 7) is 0.209. The first kappa shape index (κ1) is 9.68. The van der Waals surface area contributed by atoms with Crippen LogP contribution in [-0.2, 0) is 6.42 Å². The summed E-state index contributed by atoms with van der Waals surface area (Å²) in [5.41, 5.74) is 2.01. The van der Waals surface area contributed by atoms with Crippen LogP contribution in [0.1, 0.15) is 12.2 Å². The number of aryl methyl sites for hydroxylation is 1. The van der Waals surface area contributed by atoms with Gasteiger partial charge in [-0.25, -0.2) is 4.98 Å². The van der Waals surface area contributed by atoms with Crippen LogP contribution in [0.5, 0.6) is 0 Å². The number of nitrogens with one attached hydrogen (secondary N) is 1. The van der Waals surface area contributed by atoms with Crippen LogP contribution in [0.3, 0.4) is 0 Å². The highest BCUT2D eigenvalue weighted by molar-refractivity contribution is 9.10. The number of halogens is 1. The average Bonchev–Trinajstić information content (AvgIpc) is 2.56. The van der Waals surface area contributed by atoms with Gasteiger partial charge in [-0.15, -0.1) is 0 Å². The largest absolute Gasteiger partial charge is 0.396 e. The molecule has 0 amide bonds. The number of hydrogen-bond donors (Lipinski definition) is 2. The van der Waals surface area contributed by atoms with E-state index in [1.54, 1.807) is 0 Å².